The van der Waals surface area contributed by atoms with Gasteiger partial charge in [0.1, 0.15) is 5.75 Å². The van der Waals surface area contributed by atoms with Crippen molar-refractivity contribution in [3.05, 3.63) is 59.4 Å². The summed E-state index contributed by atoms with van der Waals surface area (Å²) in [5.74, 6) is 2.94. The molecular formula is C18H14ClN5O2S. The molecule has 0 radical (unpaired) electrons. The number of halogens is 1. The highest BCUT2D eigenvalue weighted by Gasteiger charge is 2.12. The number of ether oxygens (including phenoxy) is 1. The molecule has 0 aliphatic heterocycles. The van der Waals surface area contributed by atoms with Gasteiger partial charge in [0.05, 0.1) is 12.9 Å². The summed E-state index contributed by atoms with van der Waals surface area (Å²) in [5, 5.41) is 12.4. The van der Waals surface area contributed by atoms with Gasteiger partial charge in [-0.3, -0.25) is 5.10 Å². The number of H-pyrrole nitrogens is 1. The SMILES string of the molecule is COc1ccc(-c2nc(SCc3nc(-c4cccc(Cl)c4)no3)n[nH]2)cc1. The Hall–Kier alpha value is -2.84. The number of thioether (sulfide) groups is 1. The van der Waals surface area contributed by atoms with Crippen LogP contribution in [0.15, 0.2) is 58.2 Å². The van der Waals surface area contributed by atoms with Crippen LogP contribution in [-0.2, 0) is 5.75 Å². The Kier molecular flexibility index (Phi) is 5.08. The lowest BCUT2D eigenvalue weighted by molar-refractivity contribution is 0.391. The lowest BCUT2D eigenvalue weighted by Gasteiger charge is -1.99. The fourth-order valence-corrected chi connectivity index (χ4v) is 3.20. The Morgan fingerprint density at radius 1 is 1.11 bits per heavy atom. The maximum atomic E-state index is 6.00. The van der Waals surface area contributed by atoms with Gasteiger partial charge in [-0.25, -0.2) is 4.98 Å². The predicted octanol–water partition coefficient (Wildman–Crippen LogP) is 4.48. The average molecular weight is 400 g/mol. The van der Waals surface area contributed by atoms with Crippen LogP contribution in [-0.4, -0.2) is 32.4 Å². The molecule has 2 aromatic heterocycles. The summed E-state index contributed by atoms with van der Waals surface area (Å²) < 4.78 is 10.5. The Labute approximate surface area is 164 Å². The lowest BCUT2D eigenvalue weighted by atomic mass is 10.2. The summed E-state index contributed by atoms with van der Waals surface area (Å²) in [6, 6.07) is 14.9. The predicted molar refractivity (Wildman–Crippen MR) is 103 cm³/mol. The molecule has 0 fully saturated rings. The Balaban J connectivity index is 1.41. The Morgan fingerprint density at radius 3 is 2.74 bits per heavy atom. The van der Waals surface area contributed by atoms with Gasteiger partial charge in [0.15, 0.2) is 5.82 Å². The summed E-state index contributed by atoms with van der Waals surface area (Å²) in [6.07, 6.45) is 0. The molecule has 0 unspecified atom stereocenters. The van der Waals surface area contributed by atoms with Crippen LogP contribution in [0.3, 0.4) is 0 Å². The first-order chi connectivity index (χ1) is 13.2. The fourth-order valence-electron chi connectivity index (χ4n) is 2.37. The van der Waals surface area contributed by atoms with Gasteiger partial charge in [0.25, 0.3) is 0 Å². The highest BCUT2D eigenvalue weighted by Crippen LogP contribution is 2.25. The second kappa shape index (κ2) is 7.81. The van der Waals surface area contributed by atoms with E-state index in [-0.39, 0.29) is 0 Å². The number of methoxy groups -OCH3 is 1. The molecule has 1 N–H and O–H groups in total. The molecule has 2 heterocycles. The average Bonchev–Trinajstić information content (AvgIpc) is 3.36. The Bertz CT molecular complexity index is 1050. The molecule has 136 valence electrons. The summed E-state index contributed by atoms with van der Waals surface area (Å²) in [4.78, 5) is 8.86. The van der Waals surface area contributed by atoms with Gasteiger partial charge >= 0.3 is 0 Å². The number of aromatic nitrogens is 5. The van der Waals surface area contributed by atoms with Crippen LogP contribution in [0.1, 0.15) is 5.89 Å². The zero-order valence-electron chi connectivity index (χ0n) is 14.2. The van der Waals surface area contributed by atoms with E-state index in [9.17, 15) is 0 Å². The van der Waals surface area contributed by atoms with Crippen LogP contribution in [0.25, 0.3) is 22.8 Å². The number of nitrogens with zero attached hydrogens (tertiary/aromatic N) is 4. The second-order valence-corrected chi connectivity index (χ2v) is 6.88. The molecular weight excluding hydrogens is 386 g/mol. The number of aromatic amines is 1. The number of nitrogens with one attached hydrogen (secondary N) is 1. The third-order valence-corrected chi connectivity index (χ3v) is 4.77. The van der Waals surface area contributed by atoms with E-state index in [1.807, 2.05) is 36.4 Å². The van der Waals surface area contributed by atoms with Gasteiger partial charge in [0, 0.05) is 16.1 Å². The van der Waals surface area contributed by atoms with E-state index in [0.717, 1.165) is 16.9 Å². The molecule has 4 aromatic rings. The van der Waals surface area contributed by atoms with Gasteiger partial charge in [0.2, 0.25) is 16.9 Å². The molecule has 0 spiro atoms. The lowest BCUT2D eigenvalue weighted by Crippen LogP contribution is -1.84. The zero-order valence-corrected chi connectivity index (χ0v) is 15.8. The topological polar surface area (TPSA) is 89.7 Å². The van der Waals surface area contributed by atoms with E-state index in [0.29, 0.717) is 33.5 Å². The minimum atomic E-state index is 0.466. The van der Waals surface area contributed by atoms with Crippen molar-refractivity contribution in [3.8, 4) is 28.5 Å². The van der Waals surface area contributed by atoms with Crippen molar-refractivity contribution in [2.45, 2.75) is 10.9 Å². The monoisotopic (exact) mass is 399 g/mol. The molecule has 0 amide bonds. The van der Waals surface area contributed by atoms with Crippen molar-refractivity contribution < 1.29 is 9.26 Å². The fraction of sp³-hybridized carbons (Fsp3) is 0.111. The summed E-state index contributed by atoms with van der Waals surface area (Å²) in [6.45, 7) is 0. The molecule has 9 heteroatoms. The van der Waals surface area contributed by atoms with Crippen LogP contribution in [0.4, 0.5) is 0 Å². The minimum absolute atomic E-state index is 0.466. The number of rotatable bonds is 6. The van der Waals surface area contributed by atoms with E-state index in [1.165, 1.54) is 11.8 Å². The minimum Gasteiger partial charge on any atom is -0.497 e. The molecule has 2 aromatic carbocycles. The van der Waals surface area contributed by atoms with Gasteiger partial charge in [-0.1, -0.05) is 40.7 Å². The maximum Gasteiger partial charge on any atom is 0.237 e. The highest BCUT2D eigenvalue weighted by molar-refractivity contribution is 7.98. The first kappa shape index (κ1) is 17.6. The van der Waals surface area contributed by atoms with Crippen molar-refractivity contribution >= 4 is 23.4 Å². The van der Waals surface area contributed by atoms with Crippen LogP contribution >= 0.6 is 23.4 Å². The van der Waals surface area contributed by atoms with Gasteiger partial charge in [-0.15, -0.1) is 5.10 Å². The van der Waals surface area contributed by atoms with Gasteiger partial charge in [-0.05, 0) is 36.4 Å². The standard InChI is InChI=1S/C18H14ClN5O2S/c1-25-14-7-5-11(6-8-14)16-21-18(23-22-16)27-10-15-20-17(24-26-15)12-3-2-4-13(19)9-12/h2-9H,10H2,1H3,(H,21,22,23). The van der Waals surface area contributed by atoms with Crippen molar-refractivity contribution in [3.63, 3.8) is 0 Å². The normalized spacial score (nSPS) is 10.9. The zero-order chi connectivity index (χ0) is 18.6. The molecule has 0 aliphatic carbocycles. The van der Waals surface area contributed by atoms with Crippen molar-refractivity contribution in [2.24, 2.45) is 0 Å². The quantitative estimate of drug-likeness (QED) is 0.478. The molecule has 4 rings (SSSR count). The Morgan fingerprint density at radius 2 is 1.96 bits per heavy atom. The molecule has 0 saturated heterocycles. The third kappa shape index (κ3) is 4.12. The van der Waals surface area contributed by atoms with Crippen molar-refractivity contribution in [1.82, 2.24) is 25.3 Å². The molecule has 0 aliphatic rings. The summed E-state index contributed by atoms with van der Waals surface area (Å²) >= 11 is 7.40. The molecule has 7 nitrogen and oxygen atoms in total. The van der Waals surface area contributed by atoms with Crippen LogP contribution in [0.2, 0.25) is 5.02 Å². The highest BCUT2D eigenvalue weighted by atomic mass is 35.5. The van der Waals surface area contributed by atoms with Crippen LogP contribution in [0.5, 0.6) is 5.75 Å². The molecule has 0 atom stereocenters. The summed E-state index contributed by atoms with van der Waals surface area (Å²) in [5.41, 5.74) is 1.73. The number of hydrogen-bond acceptors (Lipinski definition) is 7. The van der Waals surface area contributed by atoms with Gasteiger partial charge in [-0.2, -0.15) is 4.98 Å². The third-order valence-electron chi connectivity index (χ3n) is 3.70. The second-order valence-electron chi connectivity index (χ2n) is 5.51. The maximum absolute atomic E-state index is 6.00. The van der Waals surface area contributed by atoms with Crippen molar-refractivity contribution in [2.75, 3.05) is 7.11 Å². The van der Waals surface area contributed by atoms with E-state index in [4.69, 9.17) is 20.9 Å². The van der Waals surface area contributed by atoms with E-state index in [2.05, 4.69) is 25.3 Å². The van der Waals surface area contributed by atoms with E-state index in [1.54, 1.807) is 19.2 Å². The first-order valence-corrected chi connectivity index (χ1v) is 9.36. The molecule has 0 saturated carbocycles. The summed E-state index contributed by atoms with van der Waals surface area (Å²) in [7, 11) is 1.63. The number of hydrogen-bond donors (Lipinski definition) is 1. The van der Waals surface area contributed by atoms with Crippen LogP contribution < -0.4 is 4.74 Å². The largest absolute Gasteiger partial charge is 0.497 e. The van der Waals surface area contributed by atoms with E-state index < -0.39 is 0 Å². The first-order valence-electron chi connectivity index (χ1n) is 7.99. The molecule has 27 heavy (non-hydrogen) atoms. The van der Waals surface area contributed by atoms with Crippen molar-refractivity contribution in [1.29, 1.82) is 0 Å². The van der Waals surface area contributed by atoms with Gasteiger partial charge < -0.3 is 9.26 Å². The smallest absolute Gasteiger partial charge is 0.237 e. The van der Waals surface area contributed by atoms with E-state index >= 15 is 0 Å². The number of benzene rings is 2. The molecule has 0 bridgehead atoms. The van der Waals surface area contributed by atoms with Crippen LogP contribution in [0, 0.1) is 0 Å².